The van der Waals surface area contributed by atoms with Crippen LogP contribution in [0.5, 0.6) is 0 Å². The molecule has 1 N–H and O–H groups in total. The molecule has 0 bridgehead atoms. The summed E-state index contributed by atoms with van der Waals surface area (Å²) in [5, 5.41) is 9.14. The molecule has 0 aromatic rings. The van der Waals surface area contributed by atoms with E-state index in [-0.39, 0.29) is 6.42 Å². The fourth-order valence-corrected chi connectivity index (χ4v) is 1.84. The number of rotatable bonds is 0. The van der Waals surface area contributed by atoms with Crippen molar-refractivity contribution >= 4 is 0 Å². The summed E-state index contributed by atoms with van der Waals surface area (Å²) in [6.45, 7) is 1.09. The number of alkyl halides is 1. The van der Waals surface area contributed by atoms with E-state index >= 15 is 0 Å². The maximum Gasteiger partial charge on any atom is 0.171 e. The molecule has 12 heavy (non-hydrogen) atoms. The van der Waals surface area contributed by atoms with Crippen molar-refractivity contribution in [3.05, 3.63) is 0 Å². The monoisotopic (exact) mass is 176 g/mol. The highest BCUT2D eigenvalue weighted by Crippen LogP contribution is 2.36. The molecular weight excluding hydrogens is 163 g/mol. The molecule has 0 amide bonds. The van der Waals surface area contributed by atoms with E-state index in [9.17, 15) is 4.39 Å². The van der Waals surface area contributed by atoms with Gasteiger partial charge in [-0.05, 0) is 6.42 Å². The fourth-order valence-electron chi connectivity index (χ4n) is 1.84. The van der Waals surface area contributed by atoms with Crippen LogP contribution in [0.3, 0.4) is 0 Å². The number of aliphatic hydroxyl groups is 1. The molecule has 0 aromatic carbocycles. The third-order valence-electron chi connectivity index (χ3n) is 2.56. The van der Waals surface area contributed by atoms with Gasteiger partial charge in [0.05, 0.1) is 19.3 Å². The van der Waals surface area contributed by atoms with E-state index in [2.05, 4.69) is 0 Å². The fraction of sp³-hybridized carbons (Fsp3) is 1.00. The standard InChI is InChI=1S/C8H13FO3/c9-6-5-8(2-1-7(6)10)11-3-4-12-8/h6-7,10H,1-5H2/t6-,7+/m1/s1. The first-order valence-electron chi connectivity index (χ1n) is 4.32. The van der Waals surface area contributed by atoms with Gasteiger partial charge in [0.1, 0.15) is 6.17 Å². The smallest absolute Gasteiger partial charge is 0.171 e. The van der Waals surface area contributed by atoms with E-state index in [1.807, 2.05) is 0 Å². The molecule has 1 aliphatic heterocycles. The topological polar surface area (TPSA) is 38.7 Å². The predicted molar refractivity (Wildman–Crippen MR) is 39.4 cm³/mol. The Balaban J connectivity index is 2.01. The Morgan fingerprint density at radius 1 is 1.33 bits per heavy atom. The minimum atomic E-state index is -1.20. The largest absolute Gasteiger partial charge is 0.390 e. The molecule has 4 heteroatoms. The van der Waals surface area contributed by atoms with E-state index in [0.717, 1.165) is 0 Å². The SMILES string of the molecule is O[C@H]1CCC2(C[C@H]1F)OCCO2. The Morgan fingerprint density at radius 2 is 2.00 bits per heavy atom. The van der Waals surface area contributed by atoms with Gasteiger partial charge in [0.2, 0.25) is 0 Å². The van der Waals surface area contributed by atoms with Crippen molar-refractivity contribution in [3.8, 4) is 0 Å². The number of hydrogen-bond acceptors (Lipinski definition) is 3. The summed E-state index contributed by atoms with van der Waals surface area (Å²) in [7, 11) is 0. The number of hydrogen-bond donors (Lipinski definition) is 1. The first-order valence-corrected chi connectivity index (χ1v) is 4.32. The highest BCUT2D eigenvalue weighted by Gasteiger charge is 2.44. The Kier molecular flexibility index (Phi) is 2.06. The van der Waals surface area contributed by atoms with E-state index in [1.165, 1.54) is 0 Å². The zero-order valence-electron chi connectivity index (χ0n) is 6.83. The van der Waals surface area contributed by atoms with Crippen LogP contribution in [0.2, 0.25) is 0 Å². The Labute approximate surface area is 70.5 Å². The zero-order chi connectivity index (χ0) is 8.60. The summed E-state index contributed by atoms with van der Waals surface area (Å²) >= 11 is 0. The highest BCUT2D eigenvalue weighted by atomic mass is 19.1. The minimum Gasteiger partial charge on any atom is -0.390 e. The molecule has 1 saturated heterocycles. The molecule has 0 aromatic heterocycles. The van der Waals surface area contributed by atoms with Gasteiger partial charge in [-0.3, -0.25) is 0 Å². The second-order valence-electron chi connectivity index (χ2n) is 3.43. The summed E-state index contributed by atoms with van der Waals surface area (Å²) in [4.78, 5) is 0. The van der Waals surface area contributed by atoms with Crippen molar-refractivity contribution in [1.29, 1.82) is 0 Å². The Morgan fingerprint density at radius 3 is 2.58 bits per heavy atom. The molecule has 1 aliphatic carbocycles. The van der Waals surface area contributed by atoms with Gasteiger partial charge in [-0.15, -0.1) is 0 Å². The average Bonchev–Trinajstić information content (AvgIpc) is 2.47. The van der Waals surface area contributed by atoms with Crippen LogP contribution in [0.15, 0.2) is 0 Å². The third kappa shape index (κ3) is 1.34. The second-order valence-corrected chi connectivity index (χ2v) is 3.43. The summed E-state index contributed by atoms with van der Waals surface area (Å²) < 4.78 is 23.7. The van der Waals surface area contributed by atoms with Crippen LogP contribution in [0.4, 0.5) is 4.39 Å². The van der Waals surface area contributed by atoms with Crippen molar-refractivity contribution in [2.45, 2.75) is 37.3 Å². The molecular formula is C8H13FO3. The number of ether oxygens (including phenoxy) is 2. The van der Waals surface area contributed by atoms with Crippen LogP contribution in [0.25, 0.3) is 0 Å². The molecule has 1 saturated carbocycles. The van der Waals surface area contributed by atoms with E-state index in [0.29, 0.717) is 26.1 Å². The average molecular weight is 176 g/mol. The van der Waals surface area contributed by atoms with Crippen LogP contribution < -0.4 is 0 Å². The molecule has 2 fully saturated rings. The molecule has 1 spiro atoms. The van der Waals surface area contributed by atoms with Gasteiger partial charge in [0.25, 0.3) is 0 Å². The lowest BCUT2D eigenvalue weighted by molar-refractivity contribution is -0.203. The van der Waals surface area contributed by atoms with Crippen molar-refractivity contribution in [2.75, 3.05) is 13.2 Å². The Hall–Kier alpha value is -0.190. The number of aliphatic hydroxyl groups excluding tert-OH is 1. The summed E-state index contributed by atoms with van der Waals surface area (Å²) in [6.07, 6.45) is -0.815. The summed E-state index contributed by atoms with van der Waals surface area (Å²) in [5.41, 5.74) is 0. The molecule has 3 nitrogen and oxygen atoms in total. The first kappa shape index (κ1) is 8.41. The predicted octanol–water partition coefficient (Wildman–Crippen LogP) is 0.612. The maximum absolute atomic E-state index is 13.1. The van der Waals surface area contributed by atoms with Gasteiger partial charge in [-0.1, -0.05) is 0 Å². The van der Waals surface area contributed by atoms with Gasteiger partial charge >= 0.3 is 0 Å². The van der Waals surface area contributed by atoms with Crippen LogP contribution in [-0.4, -0.2) is 36.4 Å². The van der Waals surface area contributed by atoms with E-state index in [1.54, 1.807) is 0 Å². The Bertz CT molecular complexity index is 168. The van der Waals surface area contributed by atoms with Crippen LogP contribution in [0, 0.1) is 0 Å². The van der Waals surface area contributed by atoms with E-state index in [4.69, 9.17) is 14.6 Å². The first-order chi connectivity index (χ1) is 5.72. The zero-order valence-corrected chi connectivity index (χ0v) is 6.83. The lowest BCUT2D eigenvalue weighted by Gasteiger charge is -2.35. The van der Waals surface area contributed by atoms with Crippen molar-refractivity contribution in [3.63, 3.8) is 0 Å². The molecule has 2 aliphatic rings. The van der Waals surface area contributed by atoms with Crippen molar-refractivity contribution in [1.82, 2.24) is 0 Å². The third-order valence-corrected chi connectivity index (χ3v) is 2.56. The van der Waals surface area contributed by atoms with Crippen molar-refractivity contribution < 1.29 is 19.0 Å². The molecule has 2 atom stereocenters. The molecule has 0 radical (unpaired) electrons. The van der Waals surface area contributed by atoms with E-state index < -0.39 is 18.1 Å². The van der Waals surface area contributed by atoms with Gasteiger partial charge in [-0.2, -0.15) is 0 Å². The lowest BCUT2D eigenvalue weighted by atomic mass is 9.90. The van der Waals surface area contributed by atoms with Gasteiger partial charge in [0.15, 0.2) is 5.79 Å². The summed E-state index contributed by atoms with van der Waals surface area (Å²) in [6, 6.07) is 0. The summed E-state index contributed by atoms with van der Waals surface area (Å²) in [5.74, 6) is -0.710. The van der Waals surface area contributed by atoms with Gasteiger partial charge in [0, 0.05) is 12.8 Å². The maximum atomic E-state index is 13.1. The van der Waals surface area contributed by atoms with Gasteiger partial charge in [-0.25, -0.2) is 4.39 Å². The molecule has 2 rings (SSSR count). The van der Waals surface area contributed by atoms with Crippen molar-refractivity contribution in [2.24, 2.45) is 0 Å². The minimum absolute atomic E-state index is 0.175. The second kappa shape index (κ2) is 2.94. The van der Waals surface area contributed by atoms with Crippen LogP contribution >= 0.6 is 0 Å². The molecule has 70 valence electrons. The lowest BCUT2D eigenvalue weighted by Crippen LogP contribution is -2.43. The molecule has 1 heterocycles. The van der Waals surface area contributed by atoms with Gasteiger partial charge < -0.3 is 14.6 Å². The molecule has 0 unspecified atom stereocenters. The number of halogens is 1. The quantitative estimate of drug-likeness (QED) is 0.587. The van der Waals surface area contributed by atoms with Crippen LogP contribution in [0.1, 0.15) is 19.3 Å². The van der Waals surface area contributed by atoms with Crippen LogP contribution in [-0.2, 0) is 9.47 Å². The highest BCUT2D eigenvalue weighted by molar-refractivity contribution is 4.87. The normalized spacial score (nSPS) is 40.5.